The molecular formula is C12H6Cl4. The molecule has 1 aromatic carbocycles. The van der Waals surface area contributed by atoms with E-state index in [1.807, 2.05) is 36.4 Å². The van der Waals surface area contributed by atoms with Gasteiger partial charge in [0.25, 0.3) is 0 Å². The van der Waals surface area contributed by atoms with Gasteiger partial charge >= 0.3 is 0 Å². The topological polar surface area (TPSA) is 0 Å². The fourth-order valence-corrected chi connectivity index (χ4v) is 2.39. The third-order valence-corrected chi connectivity index (χ3v) is 3.99. The van der Waals surface area contributed by atoms with Crippen LogP contribution in [0, 0.1) is 0 Å². The minimum absolute atomic E-state index is 0.301. The molecule has 0 bridgehead atoms. The van der Waals surface area contributed by atoms with E-state index >= 15 is 0 Å². The minimum Gasteiger partial charge on any atom is -0.0819 e. The van der Waals surface area contributed by atoms with Crippen molar-refractivity contribution in [1.82, 2.24) is 0 Å². The Morgan fingerprint density at radius 1 is 0.688 bits per heavy atom. The van der Waals surface area contributed by atoms with Crippen molar-refractivity contribution in [1.29, 1.82) is 0 Å². The SMILES string of the molecule is ClC1=C(Cl)C(Cl)=C(Cl)C1=Cc1ccccc1. The van der Waals surface area contributed by atoms with Crippen LogP contribution in [0.2, 0.25) is 0 Å². The standard InChI is InChI=1S/C12H6Cl4/c13-9-8(10(14)12(16)11(9)15)6-7-4-2-1-3-5-7/h1-6H. The first-order chi connectivity index (χ1) is 7.61. The Labute approximate surface area is 114 Å². The smallest absolute Gasteiger partial charge is 0.0800 e. The third-order valence-electron chi connectivity index (χ3n) is 2.16. The molecule has 0 saturated heterocycles. The molecule has 0 aromatic heterocycles. The first kappa shape index (κ1) is 12.1. The van der Waals surface area contributed by atoms with E-state index in [0.717, 1.165) is 5.56 Å². The quantitative estimate of drug-likeness (QED) is 0.644. The molecular weight excluding hydrogens is 286 g/mol. The van der Waals surface area contributed by atoms with Crippen molar-refractivity contribution < 1.29 is 0 Å². The molecule has 0 aliphatic heterocycles. The van der Waals surface area contributed by atoms with Gasteiger partial charge in [-0.05, 0) is 11.6 Å². The van der Waals surface area contributed by atoms with Crippen molar-refractivity contribution in [2.75, 3.05) is 0 Å². The maximum absolute atomic E-state index is 6.04. The van der Waals surface area contributed by atoms with E-state index in [-0.39, 0.29) is 0 Å². The van der Waals surface area contributed by atoms with Gasteiger partial charge in [-0.25, -0.2) is 0 Å². The third kappa shape index (κ3) is 2.16. The maximum atomic E-state index is 6.04. The summed E-state index contributed by atoms with van der Waals surface area (Å²) < 4.78 is 0. The Kier molecular flexibility index (Phi) is 3.66. The van der Waals surface area contributed by atoms with E-state index in [4.69, 9.17) is 46.4 Å². The van der Waals surface area contributed by atoms with Crippen LogP contribution in [0.3, 0.4) is 0 Å². The summed E-state index contributed by atoms with van der Waals surface area (Å²) in [4.78, 5) is 0. The zero-order chi connectivity index (χ0) is 11.7. The molecule has 1 aromatic rings. The van der Waals surface area contributed by atoms with Gasteiger partial charge in [0.05, 0.1) is 20.1 Å². The van der Waals surface area contributed by atoms with Crippen molar-refractivity contribution in [3.63, 3.8) is 0 Å². The summed E-state index contributed by atoms with van der Waals surface area (Å²) in [6.45, 7) is 0. The van der Waals surface area contributed by atoms with Crippen LogP contribution in [-0.2, 0) is 0 Å². The van der Waals surface area contributed by atoms with Crippen molar-refractivity contribution in [2.24, 2.45) is 0 Å². The highest BCUT2D eigenvalue weighted by Gasteiger charge is 2.24. The number of allylic oxidation sites excluding steroid dienone is 5. The summed E-state index contributed by atoms with van der Waals surface area (Å²) in [5.41, 5.74) is 1.65. The van der Waals surface area contributed by atoms with Gasteiger partial charge in [-0.3, -0.25) is 0 Å². The molecule has 0 radical (unpaired) electrons. The van der Waals surface area contributed by atoms with Gasteiger partial charge in [0.1, 0.15) is 0 Å². The Bertz CT molecular complexity index is 483. The molecule has 1 aliphatic carbocycles. The summed E-state index contributed by atoms with van der Waals surface area (Å²) in [6, 6.07) is 9.69. The molecule has 0 unspecified atom stereocenters. The maximum Gasteiger partial charge on any atom is 0.0800 e. The van der Waals surface area contributed by atoms with E-state index in [1.54, 1.807) is 0 Å². The van der Waals surface area contributed by atoms with Gasteiger partial charge in [-0.2, -0.15) is 0 Å². The van der Waals surface area contributed by atoms with E-state index < -0.39 is 0 Å². The number of rotatable bonds is 1. The van der Waals surface area contributed by atoms with Crippen LogP contribution in [-0.4, -0.2) is 0 Å². The zero-order valence-corrected chi connectivity index (χ0v) is 11.0. The Balaban J connectivity index is 2.48. The summed E-state index contributed by atoms with van der Waals surface area (Å²) in [6.07, 6.45) is 1.85. The number of benzene rings is 1. The number of hydrogen-bond acceptors (Lipinski definition) is 0. The molecule has 4 heteroatoms. The molecule has 0 heterocycles. The molecule has 0 saturated carbocycles. The van der Waals surface area contributed by atoms with Crippen LogP contribution >= 0.6 is 46.4 Å². The molecule has 0 N–H and O–H groups in total. The van der Waals surface area contributed by atoms with Crippen molar-refractivity contribution in [3.05, 3.63) is 61.6 Å². The lowest BCUT2D eigenvalue weighted by Crippen LogP contribution is -1.79. The largest absolute Gasteiger partial charge is 0.0819 e. The lowest BCUT2D eigenvalue weighted by molar-refractivity contribution is 1.63. The summed E-state index contributed by atoms with van der Waals surface area (Å²) in [5.74, 6) is 0. The van der Waals surface area contributed by atoms with Crippen LogP contribution in [0.1, 0.15) is 5.56 Å². The normalized spacial score (nSPS) is 16.1. The van der Waals surface area contributed by atoms with Gasteiger partial charge in [0.2, 0.25) is 0 Å². The number of hydrogen-bond donors (Lipinski definition) is 0. The minimum atomic E-state index is 0.301. The average Bonchev–Trinajstić information content (AvgIpc) is 2.48. The Hall–Kier alpha value is -0.400. The first-order valence-electron chi connectivity index (χ1n) is 4.49. The molecule has 0 amide bonds. The average molecular weight is 292 g/mol. The highest BCUT2D eigenvalue weighted by atomic mass is 35.5. The Morgan fingerprint density at radius 3 is 1.69 bits per heavy atom. The van der Waals surface area contributed by atoms with Crippen LogP contribution in [0.25, 0.3) is 6.08 Å². The molecule has 16 heavy (non-hydrogen) atoms. The summed E-state index contributed by atoms with van der Waals surface area (Å²) in [7, 11) is 0. The van der Waals surface area contributed by atoms with Crippen LogP contribution < -0.4 is 0 Å². The second-order valence-corrected chi connectivity index (χ2v) is 4.74. The fraction of sp³-hybridized carbons (Fsp3) is 0. The summed E-state index contributed by atoms with van der Waals surface area (Å²) in [5, 5.41) is 1.38. The molecule has 82 valence electrons. The lowest BCUT2D eigenvalue weighted by Gasteiger charge is -1.99. The van der Waals surface area contributed by atoms with E-state index in [0.29, 0.717) is 25.7 Å². The second-order valence-electron chi connectivity index (χ2n) is 3.22. The molecule has 1 aliphatic rings. The fourth-order valence-electron chi connectivity index (χ4n) is 1.37. The zero-order valence-electron chi connectivity index (χ0n) is 7.98. The van der Waals surface area contributed by atoms with Crippen LogP contribution in [0.5, 0.6) is 0 Å². The van der Waals surface area contributed by atoms with E-state index in [1.165, 1.54) is 0 Å². The van der Waals surface area contributed by atoms with Crippen LogP contribution in [0.4, 0.5) is 0 Å². The lowest BCUT2D eigenvalue weighted by atomic mass is 10.1. The van der Waals surface area contributed by atoms with Crippen LogP contribution in [0.15, 0.2) is 56.0 Å². The van der Waals surface area contributed by atoms with E-state index in [9.17, 15) is 0 Å². The highest BCUT2D eigenvalue weighted by Crippen LogP contribution is 2.45. The van der Waals surface area contributed by atoms with Gasteiger partial charge in [-0.1, -0.05) is 76.7 Å². The molecule has 0 atom stereocenters. The second kappa shape index (κ2) is 4.85. The van der Waals surface area contributed by atoms with Crippen molar-refractivity contribution in [2.45, 2.75) is 0 Å². The highest BCUT2D eigenvalue weighted by molar-refractivity contribution is 6.55. The van der Waals surface area contributed by atoms with Gasteiger partial charge in [0.15, 0.2) is 0 Å². The van der Waals surface area contributed by atoms with E-state index in [2.05, 4.69) is 0 Å². The molecule has 0 spiro atoms. The van der Waals surface area contributed by atoms with Crippen molar-refractivity contribution in [3.8, 4) is 0 Å². The molecule has 2 rings (SSSR count). The first-order valence-corrected chi connectivity index (χ1v) is 6.01. The predicted octanol–water partition coefficient (Wildman–Crippen LogP) is 5.46. The molecule has 0 fully saturated rings. The Morgan fingerprint density at radius 2 is 1.19 bits per heavy atom. The predicted molar refractivity (Wildman–Crippen MR) is 71.9 cm³/mol. The van der Waals surface area contributed by atoms with Gasteiger partial charge in [0, 0.05) is 5.57 Å². The van der Waals surface area contributed by atoms with Gasteiger partial charge in [-0.15, -0.1) is 0 Å². The number of halogens is 4. The van der Waals surface area contributed by atoms with Crippen molar-refractivity contribution >= 4 is 52.5 Å². The summed E-state index contributed by atoms with van der Waals surface area (Å²) >= 11 is 23.9. The molecule has 0 nitrogen and oxygen atoms in total. The van der Waals surface area contributed by atoms with Gasteiger partial charge < -0.3 is 0 Å². The monoisotopic (exact) mass is 290 g/mol.